The fourth-order valence-corrected chi connectivity index (χ4v) is 2.51. The van der Waals surface area contributed by atoms with Gasteiger partial charge in [-0.15, -0.1) is 0 Å². The molecule has 2 aliphatic heterocycles. The third kappa shape index (κ3) is 6.97. The first-order chi connectivity index (χ1) is 12.2. The molecule has 0 radical (unpaired) electrons. The van der Waals surface area contributed by atoms with E-state index in [-0.39, 0.29) is 25.2 Å². The average Bonchev–Trinajstić information content (AvgIpc) is 2.96. The SMILES string of the molecule is CC1OC(CO)C(O)C(O)C1C.N=C=O.OCC(O)C1OCC(O)C1O. The van der Waals surface area contributed by atoms with E-state index < -0.39 is 49.3 Å². The van der Waals surface area contributed by atoms with Crippen molar-refractivity contribution in [1.29, 1.82) is 5.41 Å². The Kier molecular flexibility index (Phi) is 11.9. The van der Waals surface area contributed by atoms with Crippen LogP contribution in [-0.4, -0.2) is 110 Å². The molecule has 0 aromatic rings. The second-order valence-corrected chi connectivity index (χ2v) is 6.11. The van der Waals surface area contributed by atoms with Gasteiger partial charge in [-0.1, -0.05) is 6.92 Å². The van der Waals surface area contributed by atoms with Crippen molar-refractivity contribution in [3.8, 4) is 0 Å². The van der Waals surface area contributed by atoms with E-state index in [1.807, 2.05) is 13.8 Å². The van der Waals surface area contributed by atoms with E-state index in [1.165, 1.54) is 0 Å². The van der Waals surface area contributed by atoms with Crippen LogP contribution in [0.3, 0.4) is 0 Å². The Bertz CT molecular complexity index is 414. The number of hydrogen-bond donors (Lipinski definition) is 8. The first kappa shape index (κ1) is 25.0. The molecule has 8 N–H and O–H groups in total. The van der Waals surface area contributed by atoms with Crippen LogP contribution in [0.15, 0.2) is 0 Å². The normalized spacial score (nSPS) is 40.3. The first-order valence-corrected chi connectivity index (χ1v) is 8.09. The van der Waals surface area contributed by atoms with Gasteiger partial charge >= 0.3 is 0 Å². The minimum absolute atomic E-state index is 0.00287. The van der Waals surface area contributed by atoms with Gasteiger partial charge in [-0.2, -0.15) is 0 Å². The molecule has 0 aromatic carbocycles. The zero-order valence-electron chi connectivity index (χ0n) is 14.7. The van der Waals surface area contributed by atoms with Gasteiger partial charge < -0.3 is 45.2 Å². The minimum Gasteiger partial charge on any atom is -0.394 e. The summed E-state index contributed by atoms with van der Waals surface area (Å²) in [5, 5.41) is 68.6. The van der Waals surface area contributed by atoms with Gasteiger partial charge in [0.2, 0.25) is 6.08 Å². The van der Waals surface area contributed by atoms with Crippen LogP contribution in [0.4, 0.5) is 0 Å². The molecule has 0 bridgehead atoms. The first-order valence-electron chi connectivity index (χ1n) is 8.09. The summed E-state index contributed by atoms with van der Waals surface area (Å²) in [6, 6.07) is 0. The Morgan fingerprint density at radius 3 is 2.04 bits per heavy atom. The molecule has 0 saturated carbocycles. The number of aliphatic hydroxyl groups is 7. The molecule has 26 heavy (non-hydrogen) atoms. The van der Waals surface area contributed by atoms with Crippen LogP contribution in [0, 0.1) is 11.3 Å². The van der Waals surface area contributed by atoms with Crippen LogP contribution in [0.25, 0.3) is 0 Å². The van der Waals surface area contributed by atoms with Gasteiger partial charge in [-0.05, 0) is 6.92 Å². The second kappa shape index (κ2) is 12.4. The molecule has 2 saturated heterocycles. The summed E-state index contributed by atoms with van der Waals surface area (Å²) in [5.74, 6) is -0.0946. The largest absolute Gasteiger partial charge is 0.394 e. The average molecular weight is 383 g/mol. The number of ether oxygens (including phenoxy) is 2. The molecule has 9 atom stereocenters. The smallest absolute Gasteiger partial charge is 0.231 e. The summed E-state index contributed by atoms with van der Waals surface area (Å²) < 4.78 is 10.1. The van der Waals surface area contributed by atoms with E-state index in [1.54, 1.807) is 0 Å². The minimum atomic E-state index is -1.12. The molecule has 2 fully saturated rings. The molecule has 11 heteroatoms. The highest BCUT2D eigenvalue weighted by Gasteiger charge is 2.40. The van der Waals surface area contributed by atoms with Crippen LogP contribution in [0.5, 0.6) is 0 Å². The van der Waals surface area contributed by atoms with Crippen molar-refractivity contribution in [3.05, 3.63) is 0 Å². The molecule has 0 aliphatic carbocycles. The van der Waals surface area contributed by atoms with E-state index in [9.17, 15) is 10.2 Å². The quantitative estimate of drug-likeness (QED) is 0.178. The zero-order chi connectivity index (χ0) is 20.4. The molecule has 11 nitrogen and oxygen atoms in total. The lowest BCUT2D eigenvalue weighted by molar-refractivity contribution is -0.200. The fraction of sp³-hybridized carbons (Fsp3) is 0.933. The van der Waals surface area contributed by atoms with Crippen LogP contribution in [0.2, 0.25) is 0 Å². The van der Waals surface area contributed by atoms with Gasteiger partial charge in [0.05, 0.1) is 32.0 Å². The lowest BCUT2D eigenvalue weighted by Crippen LogP contribution is -2.53. The van der Waals surface area contributed by atoms with Crippen molar-refractivity contribution in [3.63, 3.8) is 0 Å². The van der Waals surface area contributed by atoms with Gasteiger partial charge in [0, 0.05) is 5.92 Å². The molecule has 2 heterocycles. The molecule has 2 aliphatic rings. The summed E-state index contributed by atoms with van der Waals surface area (Å²) in [6.45, 7) is 2.90. The summed E-state index contributed by atoms with van der Waals surface area (Å²) >= 11 is 0. The van der Waals surface area contributed by atoms with Crippen molar-refractivity contribution >= 4 is 6.08 Å². The predicted molar refractivity (Wildman–Crippen MR) is 85.9 cm³/mol. The highest BCUT2D eigenvalue weighted by Crippen LogP contribution is 2.25. The van der Waals surface area contributed by atoms with Crippen LogP contribution < -0.4 is 0 Å². The van der Waals surface area contributed by atoms with E-state index in [0.29, 0.717) is 0 Å². The van der Waals surface area contributed by atoms with E-state index in [2.05, 4.69) is 0 Å². The number of carbonyl (C=O) groups excluding carboxylic acids is 1. The summed E-state index contributed by atoms with van der Waals surface area (Å²) in [7, 11) is 0. The van der Waals surface area contributed by atoms with Gasteiger partial charge in [0.1, 0.15) is 36.6 Å². The number of rotatable bonds is 3. The number of nitrogens with one attached hydrogen (secondary N) is 1. The van der Waals surface area contributed by atoms with Gasteiger partial charge in [-0.3, -0.25) is 0 Å². The van der Waals surface area contributed by atoms with Crippen LogP contribution in [0.1, 0.15) is 13.8 Å². The van der Waals surface area contributed by atoms with Crippen molar-refractivity contribution in [1.82, 2.24) is 0 Å². The van der Waals surface area contributed by atoms with E-state index >= 15 is 0 Å². The summed E-state index contributed by atoms with van der Waals surface area (Å²) in [5.41, 5.74) is 0. The monoisotopic (exact) mass is 383 g/mol. The topological polar surface area (TPSA) is 201 Å². The maximum atomic E-state index is 9.48. The van der Waals surface area contributed by atoms with E-state index in [4.69, 9.17) is 45.2 Å². The highest BCUT2D eigenvalue weighted by molar-refractivity contribution is 5.26. The zero-order valence-corrected chi connectivity index (χ0v) is 14.7. The molecule has 0 spiro atoms. The van der Waals surface area contributed by atoms with Crippen molar-refractivity contribution in [2.75, 3.05) is 19.8 Å². The second-order valence-electron chi connectivity index (χ2n) is 6.11. The van der Waals surface area contributed by atoms with Crippen LogP contribution >= 0.6 is 0 Å². The Balaban J connectivity index is 0.000000419. The lowest BCUT2D eigenvalue weighted by atomic mass is 9.89. The van der Waals surface area contributed by atoms with Crippen molar-refractivity contribution < 1.29 is 50.0 Å². The third-order valence-corrected chi connectivity index (χ3v) is 4.34. The highest BCUT2D eigenvalue weighted by atomic mass is 16.5. The Hall–Kier alpha value is -0.980. The fourth-order valence-electron chi connectivity index (χ4n) is 2.51. The van der Waals surface area contributed by atoms with Gasteiger partial charge in [0.25, 0.3) is 0 Å². The summed E-state index contributed by atoms with van der Waals surface area (Å²) in [4.78, 5) is 8.35. The Labute approximate surface area is 150 Å². The van der Waals surface area contributed by atoms with Crippen LogP contribution in [-0.2, 0) is 14.3 Å². The number of isocyanates is 1. The maximum absolute atomic E-state index is 9.48. The molecule has 2 rings (SSSR count). The lowest BCUT2D eigenvalue weighted by Gasteiger charge is -2.39. The molecule has 0 amide bonds. The van der Waals surface area contributed by atoms with Crippen molar-refractivity contribution in [2.45, 2.75) is 62.7 Å². The molecular formula is C15H29NO10. The molecule has 9 unspecified atom stereocenters. The molecular weight excluding hydrogens is 354 g/mol. The number of aliphatic hydroxyl groups excluding tert-OH is 7. The standard InChI is InChI=1S/C8H16O4.C6H12O5.CHNO/c1-4-5(2)12-6(3-9)8(11)7(4)10;7-1-3(8)6-5(10)4(9)2-11-6;2-1-3/h4-11H,3H2,1-2H3;3-10H,1-2H2;2H. The molecule has 0 aromatic heterocycles. The molecule has 154 valence electrons. The third-order valence-electron chi connectivity index (χ3n) is 4.34. The van der Waals surface area contributed by atoms with Gasteiger partial charge in [0.15, 0.2) is 0 Å². The maximum Gasteiger partial charge on any atom is 0.231 e. The Morgan fingerprint density at radius 2 is 1.65 bits per heavy atom. The Morgan fingerprint density at radius 1 is 1.12 bits per heavy atom. The number of hydrogen-bond acceptors (Lipinski definition) is 11. The summed E-state index contributed by atoms with van der Waals surface area (Å²) in [6.07, 6.45) is -5.84. The predicted octanol–water partition coefficient (Wildman–Crippen LogP) is -3.51. The van der Waals surface area contributed by atoms with Gasteiger partial charge in [-0.25, -0.2) is 10.2 Å². The van der Waals surface area contributed by atoms with Crippen molar-refractivity contribution in [2.24, 2.45) is 5.92 Å². The van der Waals surface area contributed by atoms with E-state index in [0.717, 1.165) is 6.08 Å².